The maximum absolute atomic E-state index is 7.42. The molecule has 0 atom stereocenters. The van der Waals surface area contributed by atoms with Gasteiger partial charge >= 0.3 is 0 Å². The van der Waals surface area contributed by atoms with E-state index in [1.165, 1.54) is 37.8 Å². The molecule has 1 aromatic carbocycles. The Hall–Kier alpha value is -1.04. The lowest BCUT2D eigenvalue weighted by atomic mass is 10.0. The standard InChI is InChI=1S/C14H20/c1-3-4-5-7-10-13(2)14-11-8-6-9-12-14/h6,8-9,11-12H,2-5,7,10H2,1H3/i2D. The van der Waals surface area contributed by atoms with Crippen molar-refractivity contribution in [1.29, 1.82) is 0 Å². The van der Waals surface area contributed by atoms with Gasteiger partial charge in [0, 0.05) is 0 Å². The highest BCUT2D eigenvalue weighted by Gasteiger charge is 1.97. The van der Waals surface area contributed by atoms with Crippen molar-refractivity contribution in [2.75, 3.05) is 0 Å². The fraction of sp³-hybridized carbons (Fsp3) is 0.429. The van der Waals surface area contributed by atoms with Gasteiger partial charge in [-0.1, -0.05) is 63.1 Å². The number of benzene rings is 1. The third kappa shape index (κ3) is 3.78. The molecule has 1 rings (SSSR count). The van der Waals surface area contributed by atoms with Crippen LogP contribution < -0.4 is 0 Å². The Morgan fingerprint density at radius 2 is 2.00 bits per heavy atom. The van der Waals surface area contributed by atoms with E-state index < -0.39 is 0 Å². The Morgan fingerprint density at radius 3 is 2.64 bits per heavy atom. The summed E-state index contributed by atoms with van der Waals surface area (Å²) in [5.41, 5.74) is 2.36. The first-order valence-corrected chi connectivity index (χ1v) is 5.51. The van der Waals surface area contributed by atoms with E-state index in [2.05, 4.69) is 19.1 Å². The quantitative estimate of drug-likeness (QED) is 0.570. The van der Waals surface area contributed by atoms with Crippen LogP contribution in [-0.2, 0) is 0 Å². The van der Waals surface area contributed by atoms with E-state index in [1.54, 1.807) is 0 Å². The van der Waals surface area contributed by atoms with E-state index >= 15 is 0 Å². The molecular formula is C14H20. The minimum absolute atomic E-state index is 1.04. The Labute approximate surface area is 89.1 Å². The molecule has 0 spiro atoms. The molecule has 76 valence electrons. The molecule has 0 aliphatic rings. The minimum Gasteiger partial charge on any atom is -0.0952 e. The van der Waals surface area contributed by atoms with Crippen molar-refractivity contribution in [3.63, 3.8) is 0 Å². The van der Waals surface area contributed by atoms with Crippen LogP contribution in [0.2, 0.25) is 0 Å². The smallest absolute Gasteiger partial charge is 0.0541 e. The number of rotatable bonds is 6. The summed E-state index contributed by atoms with van der Waals surface area (Å²) in [5, 5.41) is 0. The molecule has 0 aromatic heterocycles. The summed E-state index contributed by atoms with van der Waals surface area (Å²) in [4.78, 5) is 0. The van der Waals surface area contributed by atoms with Gasteiger partial charge in [-0.05, 0) is 24.0 Å². The van der Waals surface area contributed by atoms with Crippen molar-refractivity contribution in [2.24, 2.45) is 0 Å². The molecule has 0 nitrogen and oxygen atoms in total. The zero-order valence-corrected chi connectivity index (χ0v) is 9.00. The van der Waals surface area contributed by atoms with E-state index in [0.29, 0.717) is 0 Å². The summed E-state index contributed by atoms with van der Waals surface area (Å²) < 4.78 is 7.42. The highest BCUT2D eigenvalue weighted by Crippen LogP contribution is 2.18. The van der Waals surface area contributed by atoms with Crippen LogP contribution in [-0.4, -0.2) is 0 Å². The van der Waals surface area contributed by atoms with Crippen LogP contribution in [0.1, 0.15) is 46.0 Å². The molecule has 0 amide bonds. The van der Waals surface area contributed by atoms with Crippen molar-refractivity contribution < 1.29 is 1.37 Å². The number of unbranched alkanes of at least 4 members (excludes halogenated alkanes) is 3. The second-order valence-electron chi connectivity index (χ2n) is 3.70. The molecular weight excluding hydrogens is 168 g/mol. The highest BCUT2D eigenvalue weighted by atomic mass is 14.0. The molecule has 14 heavy (non-hydrogen) atoms. The SMILES string of the molecule is [2H]C=C(CCCCCC)c1ccccc1. The molecule has 1 aromatic rings. The van der Waals surface area contributed by atoms with E-state index in [9.17, 15) is 0 Å². The number of hydrogen-bond donors (Lipinski definition) is 0. The van der Waals surface area contributed by atoms with Crippen molar-refractivity contribution in [3.8, 4) is 0 Å². The summed E-state index contributed by atoms with van der Waals surface area (Å²) >= 11 is 0. The molecule has 0 saturated carbocycles. The average molecular weight is 189 g/mol. The van der Waals surface area contributed by atoms with Crippen LogP contribution in [0.25, 0.3) is 5.57 Å². The van der Waals surface area contributed by atoms with Crippen molar-refractivity contribution in [1.82, 2.24) is 0 Å². The second-order valence-corrected chi connectivity index (χ2v) is 3.70. The highest BCUT2D eigenvalue weighted by molar-refractivity contribution is 5.62. The summed E-state index contributed by atoms with van der Waals surface area (Å²) in [6, 6.07) is 10.2. The van der Waals surface area contributed by atoms with Gasteiger partial charge in [0.2, 0.25) is 0 Å². The molecule has 0 heteroatoms. The Balaban J connectivity index is 2.44. The van der Waals surface area contributed by atoms with Gasteiger partial charge in [0.1, 0.15) is 0 Å². The molecule has 0 saturated heterocycles. The maximum Gasteiger partial charge on any atom is 0.0541 e. The minimum atomic E-state index is 1.04. The van der Waals surface area contributed by atoms with E-state index in [-0.39, 0.29) is 0 Å². The first kappa shape index (κ1) is 9.51. The third-order valence-corrected chi connectivity index (χ3v) is 2.44. The molecule has 0 unspecified atom stereocenters. The maximum atomic E-state index is 7.42. The van der Waals surface area contributed by atoms with E-state index in [1.807, 2.05) is 18.2 Å². The summed E-state index contributed by atoms with van der Waals surface area (Å²) in [7, 11) is 0. The van der Waals surface area contributed by atoms with E-state index in [4.69, 9.17) is 1.37 Å². The van der Waals surface area contributed by atoms with Crippen LogP contribution in [0.3, 0.4) is 0 Å². The van der Waals surface area contributed by atoms with Crippen molar-refractivity contribution >= 4 is 5.57 Å². The van der Waals surface area contributed by atoms with Crippen LogP contribution in [0, 0.1) is 0 Å². The van der Waals surface area contributed by atoms with Gasteiger partial charge < -0.3 is 0 Å². The second kappa shape index (κ2) is 6.42. The van der Waals surface area contributed by atoms with Gasteiger partial charge in [-0.25, -0.2) is 0 Å². The molecule has 0 heterocycles. The molecule has 0 bridgehead atoms. The average Bonchev–Trinajstić information content (AvgIpc) is 2.30. The molecule has 0 fully saturated rings. The Bertz CT molecular complexity index is 287. The van der Waals surface area contributed by atoms with Gasteiger partial charge in [-0.15, -0.1) is 0 Å². The zero-order valence-electron chi connectivity index (χ0n) is 10.00. The predicted molar refractivity (Wildman–Crippen MR) is 64.2 cm³/mol. The van der Waals surface area contributed by atoms with Crippen LogP contribution in [0.5, 0.6) is 0 Å². The molecule has 0 N–H and O–H groups in total. The van der Waals surface area contributed by atoms with Gasteiger partial charge in [-0.2, -0.15) is 0 Å². The normalized spacial score (nSPS) is 12.6. The lowest BCUT2D eigenvalue weighted by molar-refractivity contribution is 0.679. The van der Waals surface area contributed by atoms with Crippen molar-refractivity contribution in [2.45, 2.75) is 39.0 Å². The fourth-order valence-electron chi connectivity index (χ4n) is 1.54. The Morgan fingerprint density at radius 1 is 1.21 bits per heavy atom. The van der Waals surface area contributed by atoms with Crippen LogP contribution in [0.4, 0.5) is 0 Å². The van der Waals surface area contributed by atoms with Gasteiger partial charge in [0.05, 0.1) is 1.37 Å². The lowest BCUT2D eigenvalue weighted by Gasteiger charge is -2.04. The molecule has 0 radical (unpaired) electrons. The van der Waals surface area contributed by atoms with Gasteiger partial charge in [0.25, 0.3) is 0 Å². The largest absolute Gasteiger partial charge is 0.0952 e. The van der Waals surface area contributed by atoms with Gasteiger partial charge in [0.15, 0.2) is 0 Å². The number of allylic oxidation sites excluding steroid dienone is 1. The monoisotopic (exact) mass is 189 g/mol. The number of hydrogen-bond acceptors (Lipinski definition) is 0. The summed E-state index contributed by atoms with van der Waals surface area (Å²) in [6.45, 7) is 3.72. The van der Waals surface area contributed by atoms with Crippen LogP contribution in [0.15, 0.2) is 36.9 Å². The lowest BCUT2D eigenvalue weighted by Crippen LogP contribution is -1.83. The fourth-order valence-corrected chi connectivity index (χ4v) is 1.54. The first-order chi connectivity index (χ1) is 7.38. The third-order valence-electron chi connectivity index (χ3n) is 2.44. The molecule has 0 aliphatic carbocycles. The molecule has 0 aliphatic heterocycles. The van der Waals surface area contributed by atoms with E-state index in [0.717, 1.165) is 12.0 Å². The Kier molecular flexibility index (Phi) is 4.36. The first-order valence-electron chi connectivity index (χ1n) is 6.09. The summed E-state index contributed by atoms with van der Waals surface area (Å²) in [5.74, 6) is 0. The predicted octanol–water partition coefficient (Wildman–Crippen LogP) is 4.67. The van der Waals surface area contributed by atoms with Gasteiger partial charge in [-0.3, -0.25) is 0 Å². The zero-order chi connectivity index (χ0) is 10.9. The topological polar surface area (TPSA) is 0 Å². The van der Waals surface area contributed by atoms with Crippen LogP contribution >= 0.6 is 0 Å². The summed E-state index contributed by atoms with van der Waals surface area (Å²) in [6.07, 6.45) is 6.09. The van der Waals surface area contributed by atoms with Crippen molar-refractivity contribution in [3.05, 3.63) is 42.5 Å².